The number of nitrogens with zero attached hydrogens (tertiary/aromatic N) is 3. The number of anilines is 2. The molecule has 3 aromatic carbocycles. The molecule has 4 aromatic rings. The summed E-state index contributed by atoms with van der Waals surface area (Å²) < 4.78 is 28.7. The van der Waals surface area contributed by atoms with Crippen molar-refractivity contribution in [2.24, 2.45) is 5.92 Å². The molecule has 4 rings (SSSR count). The zero-order valence-electron chi connectivity index (χ0n) is 22.3. The van der Waals surface area contributed by atoms with E-state index in [0.29, 0.717) is 5.82 Å². The third-order valence-corrected chi connectivity index (χ3v) is 6.04. The zero-order chi connectivity index (χ0) is 28.1. The maximum atomic E-state index is 13.7. The van der Waals surface area contributed by atoms with Crippen LogP contribution in [0.2, 0.25) is 0 Å². The smallest absolute Gasteiger partial charge is 0.315 e. The largest absolute Gasteiger partial charge is 0.322 e. The van der Waals surface area contributed by atoms with Crippen LogP contribution in [0.15, 0.2) is 72.8 Å². The predicted octanol–water partition coefficient (Wildman–Crippen LogP) is 6.56. The highest BCUT2D eigenvalue weighted by Gasteiger charge is 2.23. The van der Waals surface area contributed by atoms with Gasteiger partial charge in [-0.1, -0.05) is 61.9 Å². The monoisotopic (exact) mass is 531 g/mol. The van der Waals surface area contributed by atoms with E-state index in [4.69, 9.17) is 5.10 Å². The van der Waals surface area contributed by atoms with Crippen LogP contribution in [0.25, 0.3) is 16.8 Å². The van der Waals surface area contributed by atoms with Gasteiger partial charge in [0.1, 0.15) is 12.4 Å². The maximum absolute atomic E-state index is 13.7. The van der Waals surface area contributed by atoms with Crippen LogP contribution in [-0.2, 0) is 4.79 Å². The Labute approximate surface area is 226 Å². The summed E-state index contributed by atoms with van der Waals surface area (Å²) in [7, 11) is 0. The van der Waals surface area contributed by atoms with E-state index in [9.17, 15) is 18.4 Å². The Morgan fingerprint density at radius 1 is 0.923 bits per heavy atom. The number of urea groups is 1. The molecule has 0 aliphatic carbocycles. The minimum absolute atomic E-state index is 0.0497. The summed E-state index contributed by atoms with van der Waals surface area (Å²) in [5.74, 6) is -1.98. The summed E-state index contributed by atoms with van der Waals surface area (Å²) in [4.78, 5) is 27.8. The van der Waals surface area contributed by atoms with Crippen molar-refractivity contribution in [2.45, 2.75) is 27.7 Å². The van der Waals surface area contributed by atoms with Crippen molar-refractivity contribution in [3.05, 3.63) is 95.7 Å². The van der Waals surface area contributed by atoms with Crippen molar-refractivity contribution < 1.29 is 18.4 Å². The SMILES string of the molecule is Cc1ccc(-n2nc(C)c(-c3ccccc3)c2NC(=O)CN(CC(C)C)C(=O)Nc2ccc(F)c(F)c2)cc1. The van der Waals surface area contributed by atoms with Gasteiger partial charge in [0.25, 0.3) is 0 Å². The minimum atomic E-state index is -1.07. The van der Waals surface area contributed by atoms with Gasteiger partial charge in [-0.25, -0.2) is 18.3 Å². The Kier molecular flexibility index (Phi) is 8.39. The van der Waals surface area contributed by atoms with E-state index in [-0.39, 0.29) is 24.7 Å². The second kappa shape index (κ2) is 11.9. The summed E-state index contributed by atoms with van der Waals surface area (Å²) in [5.41, 5.74) is 4.34. The first-order valence-electron chi connectivity index (χ1n) is 12.6. The molecule has 0 saturated heterocycles. The lowest BCUT2D eigenvalue weighted by Crippen LogP contribution is -2.42. The first-order chi connectivity index (χ1) is 18.6. The van der Waals surface area contributed by atoms with Crippen molar-refractivity contribution in [2.75, 3.05) is 23.7 Å². The highest BCUT2D eigenvalue weighted by molar-refractivity contribution is 5.99. The van der Waals surface area contributed by atoms with Gasteiger partial charge in [0.05, 0.1) is 11.4 Å². The molecule has 1 aromatic heterocycles. The predicted molar refractivity (Wildman–Crippen MR) is 149 cm³/mol. The van der Waals surface area contributed by atoms with Crippen LogP contribution >= 0.6 is 0 Å². The third-order valence-electron chi connectivity index (χ3n) is 6.04. The standard InChI is InChI=1S/C30H31F2N5O2/c1-19(2)17-36(30(39)33-23-12-15-25(31)26(32)16-23)18-27(38)34-29-28(22-8-6-5-7-9-22)21(4)35-37(29)24-13-10-20(3)11-14-24/h5-16,19H,17-18H2,1-4H3,(H,33,39)(H,34,38). The van der Waals surface area contributed by atoms with Gasteiger partial charge in [-0.3, -0.25) is 4.79 Å². The van der Waals surface area contributed by atoms with Crippen molar-refractivity contribution in [1.29, 1.82) is 0 Å². The molecule has 9 heteroatoms. The molecule has 0 fully saturated rings. The fraction of sp³-hybridized carbons (Fsp3) is 0.233. The van der Waals surface area contributed by atoms with Crippen LogP contribution in [0.4, 0.5) is 25.1 Å². The molecule has 7 nitrogen and oxygen atoms in total. The second-order valence-corrected chi connectivity index (χ2v) is 9.80. The van der Waals surface area contributed by atoms with Gasteiger partial charge >= 0.3 is 6.03 Å². The Balaban J connectivity index is 1.63. The Morgan fingerprint density at radius 3 is 2.26 bits per heavy atom. The minimum Gasteiger partial charge on any atom is -0.315 e. The molecule has 39 heavy (non-hydrogen) atoms. The lowest BCUT2D eigenvalue weighted by Gasteiger charge is -2.24. The summed E-state index contributed by atoms with van der Waals surface area (Å²) in [6.45, 7) is 7.71. The molecule has 0 atom stereocenters. The first-order valence-corrected chi connectivity index (χ1v) is 12.6. The Hall–Kier alpha value is -4.53. The van der Waals surface area contributed by atoms with E-state index in [1.165, 1.54) is 11.0 Å². The molecule has 0 spiro atoms. The zero-order valence-corrected chi connectivity index (χ0v) is 22.3. The van der Waals surface area contributed by atoms with Crippen LogP contribution in [0.1, 0.15) is 25.1 Å². The number of aromatic nitrogens is 2. The van der Waals surface area contributed by atoms with Crippen LogP contribution in [0, 0.1) is 31.4 Å². The van der Waals surface area contributed by atoms with Gasteiger partial charge in [-0.2, -0.15) is 5.10 Å². The number of hydrogen-bond acceptors (Lipinski definition) is 3. The van der Waals surface area contributed by atoms with Gasteiger partial charge in [0.2, 0.25) is 5.91 Å². The molecule has 3 amide bonds. The second-order valence-electron chi connectivity index (χ2n) is 9.80. The number of carbonyl (C=O) groups excluding carboxylic acids is 2. The molecular weight excluding hydrogens is 500 g/mol. The van der Waals surface area contributed by atoms with Gasteiger partial charge in [0.15, 0.2) is 11.6 Å². The van der Waals surface area contributed by atoms with Crippen LogP contribution in [0.3, 0.4) is 0 Å². The van der Waals surface area contributed by atoms with Gasteiger partial charge < -0.3 is 15.5 Å². The Morgan fingerprint density at radius 2 is 1.62 bits per heavy atom. The number of aryl methyl sites for hydroxylation is 2. The van der Waals surface area contributed by atoms with E-state index in [2.05, 4.69) is 10.6 Å². The van der Waals surface area contributed by atoms with E-state index >= 15 is 0 Å². The van der Waals surface area contributed by atoms with Crippen molar-refractivity contribution in [1.82, 2.24) is 14.7 Å². The van der Waals surface area contributed by atoms with Gasteiger partial charge in [-0.15, -0.1) is 0 Å². The summed E-state index contributed by atoms with van der Waals surface area (Å²) in [6.07, 6.45) is 0. The fourth-order valence-corrected chi connectivity index (χ4v) is 4.25. The molecule has 0 bridgehead atoms. The molecule has 2 N–H and O–H groups in total. The third kappa shape index (κ3) is 6.67. The van der Waals surface area contributed by atoms with Gasteiger partial charge in [0, 0.05) is 23.9 Å². The highest BCUT2D eigenvalue weighted by Crippen LogP contribution is 2.33. The molecule has 0 aliphatic heterocycles. The van der Waals surface area contributed by atoms with E-state index in [1.54, 1.807) is 4.68 Å². The molecule has 1 heterocycles. The molecule has 0 unspecified atom stereocenters. The fourth-order valence-electron chi connectivity index (χ4n) is 4.25. The van der Waals surface area contributed by atoms with Crippen LogP contribution in [0.5, 0.6) is 0 Å². The van der Waals surface area contributed by atoms with E-state index < -0.39 is 23.6 Å². The van der Waals surface area contributed by atoms with Crippen molar-refractivity contribution >= 4 is 23.4 Å². The first kappa shape index (κ1) is 27.5. The van der Waals surface area contributed by atoms with Crippen molar-refractivity contribution in [3.8, 4) is 16.8 Å². The van der Waals surface area contributed by atoms with E-state index in [1.807, 2.05) is 82.3 Å². The van der Waals surface area contributed by atoms with Crippen LogP contribution in [-0.4, -0.2) is 39.7 Å². The molecule has 0 aliphatic rings. The molecule has 0 saturated carbocycles. The number of halogens is 2. The highest BCUT2D eigenvalue weighted by atomic mass is 19.2. The van der Waals surface area contributed by atoms with Crippen molar-refractivity contribution in [3.63, 3.8) is 0 Å². The molecule has 0 radical (unpaired) electrons. The van der Waals surface area contributed by atoms with Crippen LogP contribution < -0.4 is 10.6 Å². The lowest BCUT2D eigenvalue weighted by molar-refractivity contribution is -0.116. The number of rotatable bonds is 8. The topological polar surface area (TPSA) is 79.3 Å². The number of hydrogen-bond donors (Lipinski definition) is 2. The molecule has 202 valence electrons. The average molecular weight is 532 g/mol. The van der Waals surface area contributed by atoms with Gasteiger partial charge in [-0.05, 0) is 49.6 Å². The number of nitrogens with one attached hydrogen (secondary N) is 2. The maximum Gasteiger partial charge on any atom is 0.322 e. The quantitative estimate of drug-likeness (QED) is 0.270. The normalized spacial score (nSPS) is 10.9. The number of benzene rings is 3. The average Bonchev–Trinajstić information content (AvgIpc) is 3.21. The summed E-state index contributed by atoms with van der Waals surface area (Å²) >= 11 is 0. The van der Waals surface area contributed by atoms with E-state index in [0.717, 1.165) is 40.2 Å². The summed E-state index contributed by atoms with van der Waals surface area (Å²) in [5, 5.41) is 10.2. The summed E-state index contributed by atoms with van der Waals surface area (Å²) in [6, 6.07) is 19.9. The number of amides is 3. The Bertz CT molecular complexity index is 1470. The molecular formula is C30H31F2N5O2. The lowest BCUT2D eigenvalue weighted by atomic mass is 10.1. The number of carbonyl (C=O) groups is 2.